The first-order valence-electron chi connectivity index (χ1n) is 5.36. The van der Waals surface area contributed by atoms with Crippen molar-refractivity contribution in [2.24, 2.45) is 5.73 Å². The number of carbonyl (C=O) groups excluding carboxylic acids is 1. The van der Waals surface area contributed by atoms with Crippen LogP contribution in [-0.2, 0) is 14.8 Å². The summed E-state index contributed by atoms with van der Waals surface area (Å²) in [6.45, 7) is 0. The van der Waals surface area contributed by atoms with E-state index in [1.54, 1.807) is 12.1 Å². The molecule has 1 amide bonds. The number of amides is 1. The molecule has 5 nitrogen and oxygen atoms in total. The van der Waals surface area contributed by atoms with Crippen molar-refractivity contribution < 1.29 is 13.2 Å². The van der Waals surface area contributed by atoms with Crippen molar-refractivity contribution in [3.8, 4) is 0 Å². The van der Waals surface area contributed by atoms with Crippen LogP contribution in [0.4, 0.5) is 0 Å². The molecule has 1 aromatic rings. The molecular formula is C11H13ClN2O3S. The van der Waals surface area contributed by atoms with Crippen molar-refractivity contribution >= 4 is 27.5 Å². The molecule has 0 saturated heterocycles. The van der Waals surface area contributed by atoms with Crippen molar-refractivity contribution in [3.63, 3.8) is 0 Å². The third-order valence-electron chi connectivity index (χ3n) is 3.26. The van der Waals surface area contributed by atoms with Gasteiger partial charge in [-0.1, -0.05) is 23.7 Å². The van der Waals surface area contributed by atoms with Gasteiger partial charge in [-0.15, -0.1) is 0 Å². The summed E-state index contributed by atoms with van der Waals surface area (Å²) in [5.41, 5.74) is 4.18. The summed E-state index contributed by atoms with van der Waals surface area (Å²) in [6, 6.07) is 6.12. The Morgan fingerprint density at radius 1 is 1.39 bits per heavy atom. The molecule has 0 radical (unpaired) electrons. The van der Waals surface area contributed by atoms with Crippen LogP contribution in [-0.4, -0.2) is 31.2 Å². The molecule has 1 aromatic carbocycles. The number of carbonyl (C=O) groups is 1. The lowest BCUT2D eigenvalue weighted by Gasteiger charge is -2.24. The lowest BCUT2D eigenvalue weighted by Crippen LogP contribution is -2.47. The molecule has 1 saturated carbocycles. The summed E-state index contributed by atoms with van der Waals surface area (Å²) in [5, 5.41) is 0.129. The Morgan fingerprint density at radius 2 is 1.94 bits per heavy atom. The first kappa shape index (κ1) is 13.3. The Hall–Kier alpha value is -1.11. The number of rotatable bonds is 4. The number of primary amides is 1. The lowest BCUT2D eigenvalue weighted by molar-refractivity contribution is -0.122. The molecule has 0 unspecified atom stereocenters. The highest BCUT2D eigenvalue weighted by Gasteiger charge is 2.56. The van der Waals surface area contributed by atoms with Gasteiger partial charge in [-0.2, -0.15) is 4.31 Å². The van der Waals surface area contributed by atoms with Crippen LogP contribution in [0.3, 0.4) is 0 Å². The van der Waals surface area contributed by atoms with E-state index >= 15 is 0 Å². The van der Waals surface area contributed by atoms with E-state index in [1.807, 2.05) is 0 Å². The molecule has 0 aliphatic heterocycles. The second-order valence-corrected chi connectivity index (χ2v) is 6.64. The normalized spacial score (nSPS) is 17.7. The van der Waals surface area contributed by atoms with Gasteiger partial charge in [0.25, 0.3) is 0 Å². The van der Waals surface area contributed by atoms with Gasteiger partial charge >= 0.3 is 0 Å². The molecule has 18 heavy (non-hydrogen) atoms. The Labute approximate surface area is 111 Å². The molecule has 1 aliphatic rings. The summed E-state index contributed by atoms with van der Waals surface area (Å²) >= 11 is 5.88. The Balaban J connectivity index is 2.45. The topological polar surface area (TPSA) is 80.5 Å². The quantitative estimate of drug-likeness (QED) is 0.897. The van der Waals surface area contributed by atoms with Crippen LogP contribution in [0.25, 0.3) is 0 Å². The van der Waals surface area contributed by atoms with Gasteiger partial charge in [-0.25, -0.2) is 8.42 Å². The maximum absolute atomic E-state index is 12.4. The fourth-order valence-corrected chi connectivity index (χ4v) is 3.89. The van der Waals surface area contributed by atoms with Crippen LogP contribution in [0.1, 0.15) is 12.8 Å². The molecule has 98 valence electrons. The van der Waals surface area contributed by atoms with Crippen LogP contribution in [0.15, 0.2) is 29.2 Å². The van der Waals surface area contributed by atoms with Crippen molar-refractivity contribution in [1.29, 1.82) is 0 Å². The van der Waals surface area contributed by atoms with Crippen LogP contribution in [0.2, 0.25) is 5.02 Å². The van der Waals surface area contributed by atoms with E-state index in [2.05, 4.69) is 0 Å². The number of likely N-dealkylation sites (N-methyl/N-ethyl adjacent to an activating group) is 1. The van der Waals surface area contributed by atoms with Crippen molar-refractivity contribution in [1.82, 2.24) is 4.31 Å². The van der Waals surface area contributed by atoms with Crippen LogP contribution < -0.4 is 5.73 Å². The molecule has 0 bridgehead atoms. The summed E-state index contributed by atoms with van der Waals surface area (Å²) in [7, 11) is -2.45. The minimum absolute atomic E-state index is 0.0123. The number of hydrogen-bond acceptors (Lipinski definition) is 3. The molecular weight excluding hydrogens is 276 g/mol. The summed E-state index contributed by atoms with van der Waals surface area (Å²) in [5.74, 6) is -0.624. The number of sulfonamides is 1. The predicted octanol–water partition coefficient (Wildman–Crippen LogP) is 0.978. The molecule has 0 heterocycles. The summed E-state index contributed by atoms with van der Waals surface area (Å²) in [4.78, 5) is 11.4. The van der Waals surface area contributed by atoms with E-state index in [9.17, 15) is 13.2 Å². The minimum atomic E-state index is -3.81. The predicted molar refractivity (Wildman–Crippen MR) is 67.6 cm³/mol. The van der Waals surface area contributed by atoms with Crippen molar-refractivity contribution in [3.05, 3.63) is 29.3 Å². The Bertz CT molecular complexity index is 596. The molecule has 1 aliphatic carbocycles. The minimum Gasteiger partial charge on any atom is -0.368 e. The zero-order chi connectivity index (χ0) is 13.6. The van der Waals surface area contributed by atoms with Crippen molar-refractivity contribution in [2.75, 3.05) is 7.05 Å². The largest absolute Gasteiger partial charge is 0.368 e. The smallest absolute Gasteiger partial charge is 0.245 e. The van der Waals surface area contributed by atoms with Gasteiger partial charge in [0.1, 0.15) is 10.4 Å². The maximum atomic E-state index is 12.4. The monoisotopic (exact) mass is 288 g/mol. The van der Waals surface area contributed by atoms with E-state index in [4.69, 9.17) is 17.3 Å². The molecule has 0 atom stereocenters. The molecule has 1 fully saturated rings. The van der Waals surface area contributed by atoms with E-state index in [0.717, 1.165) is 4.31 Å². The third kappa shape index (κ3) is 1.90. The van der Waals surface area contributed by atoms with Gasteiger partial charge in [0.05, 0.1) is 5.02 Å². The number of halogens is 1. The highest BCUT2D eigenvalue weighted by atomic mass is 35.5. The number of benzene rings is 1. The van der Waals surface area contributed by atoms with E-state index in [1.165, 1.54) is 19.2 Å². The van der Waals surface area contributed by atoms with Crippen molar-refractivity contribution in [2.45, 2.75) is 23.3 Å². The molecule has 0 aromatic heterocycles. The average molecular weight is 289 g/mol. The lowest BCUT2D eigenvalue weighted by atomic mass is 10.3. The maximum Gasteiger partial charge on any atom is 0.245 e. The van der Waals surface area contributed by atoms with E-state index in [0.29, 0.717) is 12.8 Å². The van der Waals surface area contributed by atoms with Crippen LogP contribution in [0, 0.1) is 0 Å². The number of hydrogen-bond donors (Lipinski definition) is 1. The zero-order valence-electron chi connectivity index (χ0n) is 9.76. The van der Waals surface area contributed by atoms with Crippen LogP contribution in [0.5, 0.6) is 0 Å². The number of nitrogens with two attached hydrogens (primary N) is 1. The average Bonchev–Trinajstić information content (AvgIpc) is 3.09. The summed E-state index contributed by atoms with van der Waals surface area (Å²) in [6.07, 6.45) is 0.894. The second-order valence-electron chi connectivity index (χ2n) is 4.30. The van der Waals surface area contributed by atoms with Gasteiger partial charge in [0.2, 0.25) is 15.9 Å². The first-order chi connectivity index (χ1) is 8.32. The van der Waals surface area contributed by atoms with Gasteiger partial charge in [0, 0.05) is 7.05 Å². The summed E-state index contributed by atoms with van der Waals surface area (Å²) < 4.78 is 25.8. The fraction of sp³-hybridized carbons (Fsp3) is 0.364. The van der Waals surface area contributed by atoms with E-state index < -0.39 is 21.5 Å². The Kier molecular flexibility index (Phi) is 3.12. The first-order valence-corrected chi connectivity index (χ1v) is 7.18. The highest BCUT2D eigenvalue weighted by Crippen LogP contribution is 2.43. The number of nitrogens with zero attached hydrogens (tertiary/aromatic N) is 1. The zero-order valence-corrected chi connectivity index (χ0v) is 11.3. The highest BCUT2D eigenvalue weighted by molar-refractivity contribution is 7.89. The van der Waals surface area contributed by atoms with E-state index in [-0.39, 0.29) is 9.92 Å². The third-order valence-corrected chi connectivity index (χ3v) is 5.68. The van der Waals surface area contributed by atoms with Gasteiger partial charge in [-0.05, 0) is 25.0 Å². The second kappa shape index (κ2) is 4.22. The van der Waals surface area contributed by atoms with Gasteiger partial charge in [-0.3, -0.25) is 4.79 Å². The SMILES string of the molecule is CN(C1(C(N)=O)CC1)S(=O)(=O)c1ccccc1Cl. The molecule has 7 heteroatoms. The fourth-order valence-electron chi connectivity index (χ4n) is 1.87. The Morgan fingerprint density at radius 3 is 2.39 bits per heavy atom. The molecule has 0 spiro atoms. The molecule has 2 N–H and O–H groups in total. The van der Waals surface area contributed by atoms with Crippen LogP contribution >= 0.6 is 11.6 Å². The standard InChI is InChI=1S/C11H13ClN2O3S/c1-14(11(6-7-11)10(13)15)18(16,17)9-5-3-2-4-8(9)12/h2-5H,6-7H2,1H3,(H2,13,15). The van der Waals surface area contributed by atoms with Gasteiger partial charge < -0.3 is 5.73 Å². The molecule has 2 rings (SSSR count). The van der Waals surface area contributed by atoms with Gasteiger partial charge in [0.15, 0.2) is 0 Å².